The number of rotatable bonds is 13. The van der Waals surface area contributed by atoms with Crippen LogP contribution in [-0.4, -0.2) is 66.7 Å². The van der Waals surface area contributed by atoms with Crippen LogP contribution in [0, 0.1) is 0 Å². The molecule has 2 aliphatic rings. The number of hydrogen-bond acceptors (Lipinski definition) is 6. The molecule has 238 valence electrons. The van der Waals surface area contributed by atoms with E-state index in [9.17, 15) is 26.2 Å². The summed E-state index contributed by atoms with van der Waals surface area (Å²) in [6, 6.07) is 13.5. The van der Waals surface area contributed by atoms with Crippen LogP contribution in [0.5, 0.6) is 0 Å². The fourth-order valence-electron chi connectivity index (χ4n) is 6.29. The van der Waals surface area contributed by atoms with E-state index in [1.807, 2.05) is 36.4 Å². The van der Waals surface area contributed by atoms with E-state index in [4.69, 9.17) is 10.3 Å². The van der Waals surface area contributed by atoms with Crippen molar-refractivity contribution in [3.8, 4) is 0 Å². The van der Waals surface area contributed by atoms with Crippen LogP contribution in [0.3, 0.4) is 0 Å². The third-order valence-electron chi connectivity index (χ3n) is 8.55. The number of hydrogen-bond donors (Lipinski definition) is 3. The molecule has 0 atom stereocenters. The van der Waals surface area contributed by atoms with Crippen molar-refractivity contribution in [2.45, 2.75) is 64.2 Å². The van der Waals surface area contributed by atoms with Crippen molar-refractivity contribution in [1.82, 2.24) is 0 Å². The first kappa shape index (κ1) is 33.6. The standard InChI is InChI=1S/C32H41N3O7S2/c1-31(2)24-12-5-6-13-26(24)34(18-7-9-20-43(37,38)39)28(31)14-11-15-29-32(3,4)25-22-23(30(33)36)16-17-27(25)35(29)19-8-10-21-44(40,41)42/h5-6,11-17,22H,7-10,18-21H2,1-4H3,(H3-,33,36,37,38,39,40,41,42)/p+1. The number of anilines is 1. The maximum atomic E-state index is 12.0. The monoisotopic (exact) mass is 644 g/mol. The molecule has 0 aromatic heterocycles. The van der Waals surface area contributed by atoms with Gasteiger partial charge in [0.1, 0.15) is 6.54 Å². The molecular formula is C32H42N3O7S2+. The van der Waals surface area contributed by atoms with Crippen LogP contribution >= 0.6 is 0 Å². The summed E-state index contributed by atoms with van der Waals surface area (Å²) in [5.74, 6) is -1.11. The quantitative estimate of drug-likeness (QED) is 0.160. The molecule has 0 aliphatic carbocycles. The van der Waals surface area contributed by atoms with Gasteiger partial charge in [-0.2, -0.15) is 21.4 Å². The number of carbonyl (C=O) groups excluding carboxylic acids is 1. The number of allylic oxidation sites excluding steroid dienone is 4. The van der Waals surface area contributed by atoms with E-state index >= 15 is 0 Å². The van der Waals surface area contributed by atoms with Crippen LogP contribution in [0.25, 0.3) is 0 Å². The van der Waals surface area contributed by atoms with Crippen molar-refractivity contribution >= 4 is 43.2 Å². The van der Waals surface area contributed by atoms with Gasteiger partial charge in [-0.05, 0) is 62.9 Å². The Morgan fingerprint density at radius 2 is 1.52 bits per heavy atom. The molecule has 0 radical (unpaired) electrons. The predicted octanol–water partition coefficient (Wildman–Crippen LogP) is 4.74. The molecule has 0 saturated heterocycles. The lowest BCUT2D eigenvalue weighted by Crippen LogP contribution is -2.28. The highest BCUT2D eigenvalue weighted by Crippen LogP contribution is 2.48. The lowest BCUT2D eigenvalue weighted by molar-refractivity contribution is -0.438. The second-order valence-corrected chi connectivity index (χ2v) is 15.6. The normalized spacial score (nSPS) is 18.3. The zero-order valence-electron chi connectivity index (χ0n) is 25.7. The van der Waals surface area contributed by atoms with E-state index in [0.717, 1.165) is 33.9 Å². The maximum absolute atomic E-state index is 12.0. The van der Waals surface area contributed by atoms with Crippen molar-refractivity contribution in [2.24, 2.45) is 5.73 Å². The molecule has 10 nitrogen and oxygen atoms in total. The van der Waals surface area contributed by atoms with Crippen molar-refractivity contribution < 1.29 is 35.3 Å². The molecule has 2 aliphatic heterocycles. The van der Waals surface area contributed by atoms with Crippen LogP contribution in [0.2, 0.25) is 0 Å². The van der Waals surface area contributed by atoms with Crippen molar-refractivity contribution in [3.63, 3.8) is 0 Å². The highest BCUT2D eigenvalue weighted by Gasteiger charge is 2.44. The number of amides is 1. The highest BCUT2D eigenvalue weighted by atomic mass is 32.2. The number of carbonyl (C=O) groups is 1. The predicted molar refractivity (Wildman–Crippen MR) is 173 cm³/mol. The molecule has 2 heterocycles. The van der Waals surface area contributed by atoms with Crippen molar-refractivity contribution in [3.05, 3.63) is 83.1 Å². The molecule has 4 N–H and O–H groups in total. The van der Waals surface area contributed by atoms with Gasteiger partial charge in [0.2, 0.25) is 11.6 Å². The van der Waals surface area contributed by atoms with Crippen molar-refractivity contribution in [2.75, 3.05) is 29.5 Å². The Morgan fingerprint density at radius 3 is 2.16 bits per heavy atom. The van der Waals surface area contributed by atoms with Gasteiger partial charge in [-0.3, -0.25) is 13.9 Å². The molecule has 2 aromatic rings. The minimum absolute atomic E-state index is 0.281. The zero-order valence-corrected chi connectivity index (χ0v) is 27.3. The molecule has 0 spiro atoms. The summed E-state index contributed by atoms with van der Waals surface area (Å²) in [7, 11) is -8.08. The Labute approximate surface area is 260 Å². The van der Waals surface area contributed by atoms with Gasteiger partial charge in [0.15, 0.2) is 5.71 Å². The number of fused-ring (bicyclic) bond motifs is 2. The first-order chi connectivity index (χ1) is 20.4. The molecule has 44 heavy (non-hydrogen) atoms. The molecule has 0 bridgehead atoms. The Kier molecular flexibility index (Phi) is 9.60. The smallest absolute Gasteiger partial charge is 0.264 e. The van der Waals surface area contributed by atoms with Gasteiger partial charge >= 0.3 is 0 Å². The SMILES string of the molecule is CC1(C)C(=CC=CC2=[N+](CCCCS(=O)(=O)O)c3ccccc3C2(C)C)N(CCCCS(=O)(=O)O)c2ccc(C(N)=O)cc21. The fraction of sp³-hybridized carbons (Fsp3) is 0.438. The number of para-hydroxylation sites is 1. The van der Waals surface area contributed by atoms with Crippen molar-refractivity contribution in [1.29, 1.82) is 0 Å². The van der Waals surface area contributed by atoms with Gasteiger partial charge < -0.3 is 10.6 Å². The minimum Gasteiger partial charge on any atom is -0.366 e. The largest absolute Gasteiger partial charge is 0.366 e. The van der Waals surface area contributed by atoms with Gasteiger partial charge in [-0.1, -0.05) is 38.1 Å². The molecule has 12 heteroatoms. The second-order valence-electron chi connectivity index (χ2n) is 12.4. The minimum atomic E-state index is -4.06. The van der Waals surface area contributed by atoms with E-state index in [0.29, 0.717) is 44.3 Å². The van der Waals surface area contributed by atoms with Crippen LogP contribution < -0.4 is 10.6 Å². The number of benzene rings is 2. The van der Waals surface area contributed by atoms with E-state index in [2.05, 4.69) is 55.4 Å². The number of primary amides is 1. The van der Waals surface area contributed by atoms with Crippen LogP contribution in [0.1, 0.15) is 74.9 Å². The summed E-state index contributed by atoms with van der Waals surface area (Å²) in [6.07, 6.45) is 7.83. The van der Waals surface area contributed by atoms with E-state index in [-0.39, 0.29) is 16.9 Å². The maximum Gasteiger partial charge on any atom is 0.264 e. The molecule has 2 aromatic carbocycles. The molecule has 4 rings (SSSR count). The second kappa shape index (κ2) is 12.6. The summed E-state index contributed by atoms with van der Waals surface area (Å²) in [5, 5.41) is 0. The van der Waals surface area contributed by atoms with E-state index < -0.39 is 31.6 Å². The Morgan fingerprint density at radius 1 is 0.886 bits per heavy atom. The Hall–Kier alpha value is -3.32. The summed E-state index contributed by atoms with van der Waals surface area (Å²) in [6.45, 7) is 9.53. The van der Waals surface area contributed by atoms with Crippen LogP contribution in [0.15, 0.2) is 66.4 Å². The molecule has 0 unspecified atom stereocenters. The van der Waals surface area contributed by atoms with Gasteiger partial charge in [0, 0.05) is 53.0 Å². The number of unbranched alkanes of at least 4 members (excludes halogenated alkanes) is 2. The first-order valence-corrected chi connectivity index (χ1v) is 17.9. The molecule has 1 amide bonds. The van der Waals surface area contributed by atoms with E-state index in [1.54, 1.807) is 6.07 Å². The van der Waals surface area contributed by atoms with Crippen LogP contribution in [-0.2, 0) is 31.1 Å². The average Bonchev–Trinajstić information content (AvgIpc) is 3.26. The molecule has 0 saturated carbocycles. The lowest BCUT2D eigenvalue weighted by atomic mass is 9.81. The Bertz CT molecular complexity index is 1760. The number of nitrogens with two attached hydrogens (primary N) is 1. The molecule has 0 fully saturated rings. The van der Waals surface area contributed by atoms with Crippen LogP contribution in [0.4, 0.5) is 11.4 Å². The summed E-state index contributed by atoms with van der Waals surface area (Å²) in [4.78, 5) is 14.1. The van der Waals surface area contributed by atoms with Gasteiger partial charge in [0.25, 0.3) is 20.2 Å². The van der Waals surface area contributed by atoms with Gasteiger partial charge in [-0.25, -0.2) is 0 Å². The topological polar surface area (TPSA) is 158 Å². The third-order valence-corrected chi connectivity index (χ3v) is 10.2. The number of nitrogens with zero attached hydrogens (tertiary/aromatic N) is 2. The summed E-state index contributed by atoms with van der Waals surface area (Å²) >= 11 is 0. The lowest BCUT2D eigenvalue weighted by Gasteiger charge is -2.27. The first-order valence-electron chi connectivity index (χ1n) is 14.7. The van der Waals surface area contributed by atoms with E-state index in [1.165, 1.54) is 0 Å². The fourth-order valence-corrected chi connectivity index (χ4v) is 7.43. The average molecular weight is 645 g/mol. The molecular weight excluding hydrogens is 603 g/mol. The Balaban J connectivity index is 1.70. The highest BCUT2D eigenvalue weighted by molar-refractivity contribution is 7.86. The third kappa shape index (κ3) is 7.31. The summed E-state index contributed by atoms with van der Waals surface area (Å²) < 4.78 is 65.6. The zero-order chi connectivity index (χ0) is 32.5. The van der Waals surface area contributed by atoms with Gasteiger partial charge in [-0.15, -0.1) is 0 Å². The van der Waals surface area contributed by atoms with Gasteiger partial charge in [0.05, 0.1) is 16.9 Å². The summed E-state index contributed by atoms with van der Waals surface area (Å²) in [5.41, 5.74) is 11.3.